The second-order valence-corrected chi connectivity index (χ2v) is 6.74. The Morgan fingerprint density at radius 1 is 1.03 bits per heavy atom. The number of allylic oxidation sites excluding steroid dienone is 2. The molecule has 0 spiro atoms. The van der Waals surface area contributed by atoms with Gasteiger partial charge in [-0.15, -0.1) is 5.10 Å². The van der Waals surface area contributed by atoms with Gasteiger partial charge in [0.2, 0.25) is 0 Å². The minimum atomic E-state index is -4.79. The van der Waals surface area contributed by atoms with Crippen LogP contribution in [-0.2, 0) is 0 Å². The number of hydrogen-bond donors (Lipinski definition) is 0. The summed E-state index contributed by atoms with van der Waals surface area (Å²) in [5, 5.41) is 13.7. The Morgan fingerprint density at radius 2 is 1.70 bits per heavy atom. The fraction of sp³-hybridized carbons (Fsp3) is 0.143. The molecule has 9 heteroatoms. The second kappa shape index (κ2) is 7.15. The molecule has 4 rings (SSSR count). The van der Waals surface area contributed by atoms with E-state index in [0.29, 0.717) is 11.3 Å². The molecule has 0 N–H and O–H groups in total. The van der Waals surface area contributed by atoms with Gasteiger partial charge in [-0.2, -0.15) is 23.1 Å². The summed E-state index contributed by atoms with van der Waals surface area (Å²) >= 11 is 0. The summed E-state index contributed by atoms with van der Waals surface area (Å²) in [5.74, 6) is -0.427. The van der Waals surface area contributed by atoms with E-state index < -0.39 is 23.2 Å². The van der Waals surface area contributed by atoms with E-state index in [1.54, 1.807) is 60.7 Å². The Kier molecular flexibility index (Phi) is 4.62. The van der Waals surface area contributed by atoms with Gasteiger partial charge >= 0.3 is 6.18 Å². The second-order valence-electron chi connectivity index (χ2n) is 6.74. The van der Waals surface area contributed by atoms with Crippen molar-refractivity contribution < 1.29 is 13.2 Å². The zero-order valence-corrected chi connectivity index (χ0v) is 16.0. The van der Waals surface area contributed by atoms with Crippen LogP contribution < -0.4 is 4.90 Å². The van der Waals surface area contributed by atoms with Gasteiger partial charge < -0.3 is 4.90 Å². The van der Waals surface area contributed by atoms with Crippen molar-refractivity contribution >= 4 is 22.8 Å². The molecule has 6 nitrogen and oxygen atoms in total. The lowest BCUT2D eigenvalue weighted by Gasteiger charge is -2.13. The first-order valence-corrected chi connectivity index (χ1v) is 8.91. The van der Waals surface area contributed by atoms with Gasteiger partial charge in [-0.3, -0.25) is 0 Å². The van der Waals surface area contributed by atoms with Gasteiger partial charge in [-0.25, -0.2) is 9.98 Å². The van der Waals surface area contributed by atoms with Crippen LogP contribution in [0.3, 0.4) is 0 Å². The van der Waals surface area contributed by atoms with Crippen LogP contribution in [0.15, 0.2) is 65.2 Å². The SMILES string of the molecule is CN(C)c1ccc(N=C2C(C(F)(F)F)=C(C#N)c3nc(-c4ccccc4)nn32)cc1. The molecule has 2 heterocycles. The predicted octanol–water partition coefficient (Wildman–Crippen LogP) is 4.44. The summed E-state index contributed by atoms with van der Waals surface area (Å²) < 4.78 is 42.5. The molecule has 0 radical (unpaired) electrons. The van der Waals surface area contributed by atoms with Crippen LogP contribution in [0.1, 0.15) is 5.82 Å². The van der Waals surface area contributed by atoms with E-state index in [-0.39, 0.29) is 11.6 Å². The van der Waals surface area contributed by atoms with E-state index in [4.69, 9.17) is 0 Å². The lowest BCUT2D eigenvalue weighted by molar-refractivity contribution is -0.0854. The minimum absolute atomic E-state index is 0.174. The molecular formula is C21H15F3N6. The van der Waals surface area contributed by atoms with Crippen LogP contribution in [-0.4, -0.2) is 40.9 Å². The van der Waals surface area contributed by atoms with Crippen molar-refractivity contribution in [3.8, 4) is 17.5 Å². The molecule has 150 valence electrons. The Morgan fingerprint density at radius 3 is 2.27 bits per heavy atom. The zero-order valence-electron chi connectivity index (χ0n) is 16.0. The fourth-order valence-electron chi connectivity index (χ4n) is 3.09. The molecule has 0 bridgehead atoms. The molecule has 0 saturated carbocycles. The molecule has 2 aromatic carbocycles. The number of rotatable bonds is 3. The van der Waals surface area contributed by atoms with Gasteiger partial charge in [0.15, 0.2) is 17.5 Å². The van der Waals surface area contributed by atoms with Crippen LogP contribution in [0.4, 0.5) is 24.5 Å². The highest BCUT2D eigenvalue weighted by molar-refractivity contribution is 6.14. The minimum Gasteiger partial charge on any atom is -0.378 e. The lowest BCUT2D eigenvalue weighted by Crippen LogP contribution is -2.23. The molecule has 1 aliphatic heterocycles. The number of fused-ring (bicyclic) bond motifs is 1. The number of anilines is 1. The van der Waals surface area contributed by atoms with Crippen molar-refractivity contribution in [2.45, 2.75) is 6.18 Å². The van der Waals surface area contributed by atoms with Crippen LogP contribution in [0.25, 0.3) is 17.0 Å². The van der Waals surface area contributed by atoms with E-state index in [9.17, 15) is 18.4 Å². The molecular weight excluding hydrogens is 393 g/mol. The highest BCUT2D eigenvalue weighted by Gasteiger charge is 2.47. The van der Waals surface area contributed by atoms with Gasteiger partial charge in [0, 0.05) is 25.3 Å². The standard InChI is InChI=1S/C21H15F3N6/c1-29(2)15-10-8-14(9-11-15)26-20-17(21(22,23)24)16(12-25)19-27-18(28-30(19)20)13-6-4-3-5-7-13/h3-11H,1-2H3. The monoisotopic (exact) mass is 408 g/mol. The maximum absolute atomic E-state index is 13.8. The van der Waals surface area contributed by atoms with Gasteiger partial charge in [0.1, 0.15) is 17.2 Å². The third-order valence-corrected chi connectivity index (χ3v) is 4.53. The van der Waals surface area contributed by atoms with Crippen LogP contribution >= 0.6 is 0 Å². The van der Waals surface area contributed by atoms with Gasteiger partial charge in [-0.05, 0) is 24.3 Å². The molecule has 1 aliphatic rings. The number of benzene rings is 2. The molecule has 1 aromatic heterocycles. The molecule has 0 unspecified atom stereocenters. The van der Waals surface area contributed by atoms with Crippen molar-refractivity contribution in [2.75, 3.05) is 19.0 Å². The van der Waals surface area contributed by atoms with Crippen molar-refractivity contribution in [2.24, 2.45) is 4.99 Å². The summed E-state index contributed by atoms with van der Waals surface area (Å²) in [6.45, 7) is 0. The van der Waals surface area contributed by atoms with Crippen molar-refractivity contribution in [1.82, 2.24) is 14.8 Å². The number of alkyl halides is 3. The molecule has 0 atom stereocenters. The first-order valence-electron chi connectivity index (χ1n) is 8.91. The average Bonchev–Trinajstić information content (AvgIpc) is 3.27. The molecule has 30 heavy (non-hydrogen) atoms. The van der Waals surface area contributed by atoms with Crippen LogP contribution in [0.2, 0.25) is 0 Å². The lowest BCUT2D eigenvalue weighted by atomic mass is 10.1. The number of aromatic nitrogens is 3. The van der Waals surface area contributed by atoms with Crippen molar-refractivity contribution in [1.29, 1.82) is 5.26 Å². The maximum Gasteiger partial charge on any atom is 0.421 e. The van der Waals surface area contributed by atoms with Crippen molar-refractivity contribution in [3.63, 3.8) is 0 Å². The van der Waals surface area contributed by atoms with Gasteiger partial charge in [-0.1, -0.05) is 30.3 Å². The zero-order chi connectivity index (χ0) is 21.5. The number of halogens is 3. The summed E-state index contributed by atoms with van der Waals surface area (Å²) in [4.78, 5) is 10.2. The normalized spacial score (nSPS) is 14.7. The van der Waals surface area contributed by atoms with Gasteiger partial charge in [0.25, 0.3) is 0 Å². The Labute approximate surface area is 170 Å². The number of nitriles is 1. The smallest absolute Gasteiger partial charge is 0.378 e. The van der Waals surface area contributed by atoms with E-state index in [1.807, 2.05) is 19.0 Å². The van der Waals surface area contributed by atoms with Crippen molar-refractivity contribution in [3.05, 3.63) is 66.0 Å². The third kappa shape index (κ3) is 3.33. The van der Waals surface area contributed by atoms with E-state index in [2.05, 4.69) is 15.1 Å². The highest BCUT2D eigenvalue weighted by Crippen LogP contribution is 2.39. The summed E-state index contributed by atoms with van der Waals surface area (Å²) in [6.07, 6.45) is -4.79. The van der Waals surface area contributed by atoms with Crippen LogP contribution in [0, 0.1) is 11.3 Å². The number of aliphatic imine (C=N–C) groups is 1. The molecule has 0 fully saturated rings. The van der Waals surface area contributed by atoms with E-state index in [0.717, 1.165) is 10.4 Å². The highest BCUT2D eigenvalue weighted by atomic mass is 19.4. The summed E-state index contributed by atoms with van der Waals surface area (Å²) in [5.41, 5.74) is 0.0683. The Bertz CT molecular complexity index is 1200. The molecule has 0 aliphatic carbocycles. The topological polar surface area (TPSA) is 70.1 Å². The number of hydrogen-bond acceptors (Lipinski definition) is 5. The first kappa shape index (κ1) is 19.4. The van der Waals surface area contributed by atoms with E-state index >= 15 is 0 Å². The van der Waals surface area contributed by atoms with E-state index in [1.165, 1.54) is 0 Å². The third-order valence-electron chi connectivity index (χ3n) is 4.53. The molecule has 0 amide bonds. The maximum atomic E-state index is 13.8. The largest absolute Gasteiger partial charge is 0.421 e. The predicted molar refractivity (Wildman–Crippen MR) is 107 cm³/mol. The van der Waals surface area contributed by atoms with Crippen LogP contribution in [0.5, 0.6) is 0 Å². The Hall–Kier alpha value is -3.93. The fourth-order valence-corrected chi connectivity index (χ4v) is 3.09. The molecule has 0 saturated heterocycles. The van der Waals surface area contributed by atoms with Gasteiger partial charge in [0.05, 0.1) is 5.69 Å². The quantitative estimate of drug-likeness (QED) is 0.642. The molecule has 3 aromatic rings. The summed E-state index contributed by atoms with van der Waals surface area (Å²) in [6, 6.07) is 17.2. The number of nitrogens with zero attached hydrogens (tertiary/aromatic N) is 6. The Balaban J connectivity index is 1.89. The summed E-state index contributed by atoms with van der Waals surface area (Å²) in [7, 11) is 3.71. The average molecular weight is 408 g/mol. The first-order chi connectivity index (χ1) is 14.3.